The predicted molar refractivity (Wildman–Crippen MR) is 82.7 cm³/mol. The minimum Gasteiger partial charge on any atom is -0.357 e. The fraction of sp³-hybridized carbons (Fsp3) is 0.667. The fourth-order valence-electron chi connectivity index (χ4n) is 2.03. The van der Waals surface area contributed by atoms with Crippen molar-refractivity contribution in [1.29, 1.82) is 0 Å². The summed E-state index contributed by atoms with van der Waals surface area (Å²) in [5.74, 6) is 1.09. The van der Waals surface area contributed by atoms with E-state index in [1.807, 2.05) is 6.20 Å². The molecule has 0 unspecified atom stereocenters. The van der Waals surface area contributed by atoms with Gasteiger partial charge >= 0.3 is 0 Å². The Morgan fingerprint density at radius 3 is 2.63 bits per heavy atom. The first-order chi connectivity index (χ1) is 9.17. The van der Waals surface area contributed by atoms with Crippen LogP contribution in [-0.2, 0) is 6.54 Å². The molecule has 0 atom stereocenters. The molecule has 1 aromatic rings. The Morgan fingerprint density at radius 2 is 2.00 bits per heavy atom. The zero-order valence-corrected chi connectivity index (χ0v) is 12.8. The standard InChI is InChI=1S/C15H28N4/c1-5-16-13-14-8-9-17-15(12-14)19(6-2)11-7-10-18(3)4/h8-9,12,16H,5-7,10-11,13H2,1-4H3. The molecule has 0 radical (unpaired) electrons. The van der Waals surface area contributed by atoms with Crippen LogP contribution < -0.4 is 10.2 Å². The van der Waals surface area contributed by atoms with Gasteiger partial charge in [-0.1, -0.05) is 6.92 Å². The van der Waals surface area contributed by atoms with Gasteiger partial charge in [-0.05, 0) is 58.2 Å². The first-order valence-electron chi connectivity index (χ1n) is 7.22. The topological polar surface area (TPSA) is 31.4 Å². The Balaban J connectivity index is 2.58. The molecule has 4 heteroatoms. The molecule has 0 saturated carbocycles. The van der Waals surface area contributed by atoms with Crippen molar-refractivity contribution < 1.29 is 0 Å². The van der Waals surface area contributed by atoms with E-state index in [0.29, 0.717) is 0 Å². The molecule has 108 valence electrons. The molecule has 19 heavy (non-hydrogen) atoms. The Kier molecular flexibility index (Phi) is 7.45. The van der Waals surface area contributed by atoms with Crippen molar-refractivity contribution >= 4 is 5.82 Å². The summed E-state index contributed by atoms with van der Waals surface area (Å²) in [6, 6.07) is 4.28. The normalized spacial score (nSPS) is 11.0. The van der Waals surface area contributed by atoms with Gasteiger partial charge < -0.3 is 15.1 Å². The first kappa shape index (κ1) is 15.9. The van der Waals surface area contributed by atoms with E-state index < -0.39 is 0 Å². The Bertz CT molecular complexity index is 352. The maximum Gasteiger partial charge on any atom is 0.128 e. The van der Waals surface area contributed by atoms with E-state index in [2.05, 4.69) is 60.2 Å². The number of rotatable bonds is 9. The highest BCUT2D eigenvalue weighted by Crippen LogP contribution is 2.13. The highest BCUT2D eigenvalue weighted by molar-refractivity contribution is 5.40. The molecule has 0 aliphatic heterocycles. The maximum absolute atomic E-state index is 4.50. The minimum atomic E-state index is 0.918. The third-order valence-electron chi connectivity index (χ3n) is 3.13. The first-order valence-corrected chi connectivity index (χ1v) is 7.22. The molecule has 0 aliphatic rings. The molecular weight excluding hydrogens is 236 g/mol. The highest BCUT2D eigenvalue weighted by atomic mass is 15.2. The molecule has 0 aromatic carbocycles. The summed E-state index contributed by atoms with van der Waals surface area (Å²) in [4.78, 5) is 9.07. The van der Waals surface area contributed by atoms with Gasteiger partial charge in [-0.2, -0.15) is 0 Å². The van der Waals surface area contributed by atoms with Crippen LogP contribution in [0.25, 0.3) is 0 Å². The second kappa shape index (κ2) is 8.88. The van der Waals surface area contributed by atoms with Crippen molar-refractivity contribution in [1.82, 2.24) is 15.2 Å². The number of pyridine rings is 1. The van der Waals surface area contributed by atoms with Crippen LogP contribution in [0.3, 0.4) is 0 Å². The van der Waals surface area contributed by atoms with Gasteiger partial charge in [-0.25, -0.2) is 4.98 Å². The summed E-state index contributed by atoms with van der Waals surface area (Å²) in [6.45, 7) is 9.42. The molecule has 4 nitrogen and oxygen atoms in total. The summed E-state index contributed by atoms with van der Waals surface area (Å²) in [5.41, 5.74) is 1.30. The Hall–Kier alpha value is -1.13. The molecule has 0 bridgehead atoms. The summed E-state index contributed by atoms with van der Waals surface area (Å²) in [5, 5.41) is 3.35. The number of hydrogen-bond acceptors (Lipinski definition) is 4. The third-order valence-corrected chi connectivity index (χ3v) is 3.13. The Labute approximate surface area is 117 Å². The number of anilines is 1. The van der Waals surface area contributed by atoms with Crippen LogP contribution in [0.4, 0.5) is 5.82 Å². The molecule has 1 heterocycles. The second-order valence-electron chi connectivity index (χ2n) is 5.04. The monoisotopic (exact) mass is 264 g/mol. The fourth-order valence-corrected chi connectivity index (χ4v) is 2.03. The summed E-state index contributed by atoms with van der Waals surface area (Å²) < 4.78 is 0. The maximum atomic E-state index is 4.50. The van der Waals surface area contributed by atoms with Crippen molar-refractivity contribution in [2.45, 2.75) is 26.8 Å². The third kappa shape index (κ3) is 6.03. The number of nitrogens with zero attached hydrogens (tertiary/aromatic N) is 3. The van der Waals surface area contributed by atoms with Gasteiger partial charge in [0.05, 0.1) is 0 Å². The van der Waals surface area contributed by atoms with Gasteiger partial charge in [0.25, 0.3) is 0 Å². The van der Waals surface area contributed by atoms with Crippen LogP contribution in [0, 0.1) is 0 Å². The molecule has 0 saturated heterocycles. The molecular formula is C15H28N4. The molecule has 1 N–H and O–H groups in total. The molecule has 0 fully saturated rings. The Morgan fingerprint density at radius 1 is 1.21 bits per heavy atom. The van der Waals surface area contributed by atoms with E-state index in [4.69, 9.17) is 0 Å². The van der Waals surface area contributed by atoms with E-state index in [0.717, 1.165) is 38.5 Å². The quantitative estimate of drug-likeness (QED) is 0.739. The van der Waals surface area contributed by atoms with Gasteiger partial charge in [0, 0.05) is 25.8 Å². The van der Waals surface area contributed by atoms with Crippen LogP contribution in [0.15, 0.2) is 18.3 Å². The number of aromatic nitrogens is 1. The number of nitrogens with one attached hydrogen (secondary N) is 1. The van der Waals surface area contributed by atoms with E-state index >= 15 is 0 Å². The van der Waals surface area contributed by atoms with Gasteiger partial charge in [0.2, 0.25) is 0 Å². The molecule has 1 rings (SSSR count). The molecule has 0 spiro atoms. The van der Waals surface area contributed by atoms with Crippen molar-refractivity contribution in [2.24, 2.45) is 0 Å². The average Bonchev–Trinajstić information content (AvgIpc) is 2.41. The summed E-state index contributed by atoms with van der Waals surface area (Å²) in [7, 11) is 4.23. The predicted octanol–water partition coefficient (Wildman–Crippen LogP) is 1.97. The van der Waals surface area contributed by atoms with Gasteiger partial charge in [-0.15, -0.1) is 0 Å². The SMILES string of the molecule is CCNCc1ccnc(N(CC)CCCN(C)C)c1. The van der Waals surface area contributed by atoms with Gasteiger partial charge in [0.15, 0.2) is 0 Å². The highest BCUT2D eigenvalue weighted by Gasteiger charge is 2.06. The molecule has 1 aromatic heterocycles. The van der Waals surface area contributed by atoms with Crippen LogP contribution in [0.2, 0.25) is 0 Å². The summed E-state index contributed by atoms with van der Waals surface area (Å²) in [6.07, 6.45) is 3.08. The van der Waals surface area contributed by atoms with Gasteiger partial charge in [0.1, 0.15) is 5.82 Å². The van der Waals surface area contributed by atoms with Crippen molar-refractivity contribution in [2.75, 3.05) is 45.2 Å². The minimum absolute atomic E-state index is 0.918. The van der Waals surface area contributed by atoms with Crippen molar-refractivity contribution in [3.63, 3.8) is 0 Å². The smallest absolute Gasteiger partial charge is 0.128 e. The van der Waals surface area contributed by atoms with Crippen LogP contribution in [-0.4, -0.2) is 50.2 Å². The molecule has 0 aliphatic carbocycles. The largest absolute Gasteiger partial charge is 0.357 e. The molecule has 0 amide bonds. The lowest BCUT2D eigenvalue weighted by molar-refractivity contribution is 0.400. The van der Waals surface area contributed by atoms with Crippen LogP contribution >= 0.6 is 0 Å². The van der Waals surface area contributed by atoms with Crippen molar-refractivity contribution in [3.05, 3.63) is 23.9 Å². The lowest BCUT2D eigenvalue weighted by atomic mass is 10.2. The lowest BCUT2D eigenvalue weighted by Crippen LogP contribution is -2.28. The van der Waals surface area contributed by atoms with E-state index in [-0.39, 0.29) is 0 Å². The van der Waals surface area contributed by atoms with Crippen LogP contribution in [0.1, 0.15) is 25.8 Å². The summed E-state index contributed by atoms with van der Waals surface area (Å²) >= 11 is 0. The zero-order valence-electron chi connectivity index (χ0n) is 12.8. The van der Waals surface area contributed by atoms with E-state index in [9.17, 15) is 0 Å². The average molecular weight is 264 g/mol. The van der Waals surface area contributed by atoms with Crippen molar-refractivity contribution in [3.8, 4) is 0 Å². The number of hydrogen-bond donors (Lipinski definition) is 1. The van der Waals surface area contributed by atoms with E-state index in [1.54, 1.807) is 0 Å². The van der Waals surface area contributed by atoms with E-state index in [1.165, 1.54) is 12.0 Å². The van der Waals surface area contributed by atoms with Crippen LogP contribution in [0.5, 0.6) is 0 Å². The van der Waals surface area contributed by atoms with Gasteiger partial charge in [-0.3, -0.25) is 0 Å². The second-order valence-corrected chi connectivity index (χ2v) is 5.04. The zero-order chi connectivity index (χ0) is 14.1. The lowest BCUT2D eigenvalue weighted by Gasteiger charge is -2.23.